The fraction of sp³-hybridized carbons (Fsp3) is 0.526. The molecule has 0 aliphatic carbocycles. The van der Waals surface area contributed by atoms with Crippen molar-refractivity contribution in [2.24, 2.45) is 12.0 Å². The van der Waals surface area contributed by atoms with Gasteiger partial charge in [-0.15, -0.1) is 34.2 Å². The molecule has 0 atom stereocenters. The fourth-order valence-electron chi connectivity index (χ4n) is 2.53. The Morgan fingerprint density at radius 2 is 2.00 bits per heavy atom. The number of aromatic nitrogens is 3. The molecule has 0 spiro atoms. The van der Waals surface area contributed by atoms with Gasteiger partial charge in [0.1, 0.15) is 11.6 Å². The van der Waals surface area contributed by atoms with Crippen molar-refractivity contribution in [1.82, 2.24) is 25.4 Å². The number of hydrogen-bond donors (Lipinski definition) is 2. The van der Waals surface area contributed by atoms with Crippen LogP contribution in [0.3, 0.4) is 0 Å². The molecule has 0 aliphatic rings. The van der Waals surface area contributed by atoms with Crippen LogP contribution in [0.2, 0.25) is 0 Å². The molecule has 29 heavy (non-hydrogen) atoms. The zero-order valence-corrected chi connectivity index (χ0v) is 19.5. The molecule has 0 saturated heterocycles. The maximum atomic E-state index is 12.7. The lowest BCUT2D eigenvalue weighted by atomic mass is 10.1. The van der Waals surface area contributed by atoms with E-state index in [1.54, 1.807) is 18.2 Å². The van der Waals surface area contributed by atoms with Crippen LogP contribution in [0, 0.1) is 13.8 Å². The van der Waals surface area contributed by atoms with Crippen molar-refractivity contribution in [3.05, 3.63) is 41.0 Å². The van der Waals surface area contributed by atoms with Crippen molar-refractivity contribution in [2.75, 3.05) is 6.54 Å². The third-order valence-corrected chi connectivity index (χ3v) is 4.26. The number of nitrogens with zero attached hydrogens (tertiary/aromatic N) is 4. The second-order valence-electron chi connectivity index (χ2n) is 6.51. The van der Waals surface area contributed by atoms with E-state index in [1.807, 2.05) is 25.5 Å². The number of guanidine groups is 1. The van der Waals surface area contributed by atoms with Gasteiger partial charge in [0.2, 0.25) is 0 Å². The van der Waals surface area contributed by atoms with Crippen LogP contribution in [0.1, 0.15) is 42.5 Å². The molecule has 2 N–H and O–H groups in total. The van der Waals surface area contributed by atoms with Crippen molar-refractivity contribution in [1.29, 1.82) is 0 Å². The van der Waals surface area contributed by atoms with Gasteiger partial charge in [-0.25, -0.2) is 4.99 Å². The Bertz CT molecular complexity index is 797. The van der Waals surface area contributed by atoms with E-state index in [0.717, 1.165) is 36.6 Å². The number of aliphatic imine (C=N–C) groups is 1. The molecule has 0 fully saturated rings. The number of rotatable bonds is 9. The summed E-state index contributed by atoms with van der Waals surface area (Å²) in [5, 5.41) is 14.6. The number of benzene rings is 1. The monoisotopic (exact) mass is 522 g/mol. The molecule has 0 bridgehead atoms. The number of ether oxygens (including phenoxy) is 1. The van der Waals surface area contributed by atoms with Crippen LogP contribution in [0.25, 0.3) is 0 Å². The van der Waals surface area contributed by atoms with Crippen molar-refractivity contribution >= 4 is 29.9 Å². The average molecular weight is 522 g/mol. The second kappa shape index (κ2) is 12.6. The first-order valence-electron chi connectivity index (χ1n) is 9.32. The van der Waals surface area contributed by atoms with E-state index in [2.05, 4.69) is 37.5 Å². The van der Waals surface area contributed by atoms with Crippen LogP contribution in [-0.2, 0) is 20.1 Å². The molecule has 0 amide bonds. The van der Waals surface area contributed by atoms with Crippen LogP contribution in [0.5, 0.6) is 5.75 Å². The van der Waals surface area contributed by atoms with Crippen LogP contribution >= 0.6 is 24.0 Å². The Morgan fingerprint density at radius 1 is 1.24 bits per heavy atom. The molecule has 1 heterocycles. The lowest BCUT2D eigenvalue weighted by Gasteiger charge is -2.14. The third-order valence-electron chi connectivity index (χ3n) is 4.26. The van der Waals surface area contributed by atoms with Crippen LogP contribution in [0.4, 0.5) is 8.78 Å². The van der Waals surface area contributed by atoms with E-state index in [0.29, 0.717) is 18.1 Å². The van der Waals surface area contributed by atoms with Crippen molar-refractivity contribution < 1.29 is 13.5 Å². The highest BCUT2D eigenvalue weighted by molar-refractivity contribution is 14.0. The zero-order valence-electron chi connectivity index (χ0n) is 17.2. The van der Waals surface area contributed by atoms with E-state index < -0.39 is 6.61 Å². The van der Waals surface area contributed by atoms with E-state index in [9.17, 15) is 8.78 Å². The zero-order chi connectivity index (χ0) is 20.5. The molecule has 1 aromatic carbocycles. The lowest BCUT2D eigenvalue weighted by Crippen LogP contribution is -2.38. The third kappa shape index (κ3) is 8.11. The highest BCUT2D eigenvalue weighted by Gasteiger charge is 2.11. The summed E-state index contributed by atoms with van der Waals surface area (Å²) in [7, 11) is 1.90. The summed E-state index contributed by atoms with van der Waals surface area (Å²) in [6.07, 6.45) is 2.04. The quantitative estimate of drug-likeness (QED) is 0.228. The molecule has 0 radical (unpaired) electrons. The molecule has 162 valence electrons. The van der Waals surface area contributed by atoms with Gasteiger partial charge in [0.15, 0.2) is 11.8 Å². The minimum absolute atomic E-state index is 0. The second-order valence-corrected chi connectivity index (χ2v) is 6.51. The molecule has 2 rings (SSSR count). The molecule has 0 unspecified atom stereocenters. The van der Waals surface area contributed by atoms with Crippen LogP contribution in [-0.4, -0.2) is 33.9 Å². The summed E-state index contributed by atoms with van der Waals surface area (Å²) in [4.78, 5) is 4.54. The van der Waals surface area contributed by atoms with E-state index >= 15 is 0 Å². The van der Waals surface area contributed by atoms with Gasteiger partial charge >= 0.3 is 6.61 Å². The van der Waals surface area contributed by atoms with Crippen molar-refractivity contribution in [3.8, 4) is 5.75 Å². The van der Waals surface area contributed by atoms with E-state index in [-0.39, 0.29) is 36.3 Å². The molecule has 7 nitrogen and oxygen atoms in total. The van der Waals surface area contributed by atoms with E-state index in [1.165, 1.54) is 0 Å². The predicted octanol–water partition coefficient (Wildman–Crippen LogP) is 3.69. The first-order chi connectivity index (χ1) is 13.4. The Morgan fingerprint density at radius 3 is 2.62 bits per heavy atom. The van der Waals surface area contributed by atoms with Gasteiger partial charge in [-0.2, -0.15) is 8.78 Å². The summed E-state index contributed by atoms with van der Waals surface area (Å²) in [5.74, 6) is 2.32. The van der Waals surface area contributed by atoms with E-state index in [4.69, 9.17) is 0 Å². The smallest absolute Gasteiger partial charge is 0.387 e. The highest BCUT2D eigenvalue weighted by atomic mass is 127. The van der Waals surface area contributed by atoms with Gasteiger partial charge in [0.25, 0.3) is 0 Å². The number of aryl methyl sites for hydroxylation is 2. The molecular weight excluding hydrogens is 493 g/mol. The minimum atomic E-state index is -2.87. The average Bonchev–Trinajstić information content (AvgIpc) is 2.97. The molecular formula is C19H29F2IN6O. The lowest BCUT2D eigenvalue weighted by molar-refractivity contribution is -0.0504. The minimum Gasteiger partial charge on any atom is -0.434 e. The molecule has 1 aromatic heterocycles. The highest BCUT2D eigenvalue weighted by Crippen LogP contribution is 2.22. The number of unbranched alkanes of at least 4 members (excludes halogenated alkanes) is 1. The van der Waals surface area contributed by atoms with Gasteiger partial charge in [-0.1, -0.05) is 31.0 Å². The normalized spacial score (nSPS) is 11.3. The van der Waals surface area contributed by atoms with Crippen LogP contribution < -0.4 is 15.4 Å². The summed E-state index contributed by atoms with van der Waals surface area (Å²) in [6, 6.07) is 5.09. The number of hydrogen-bond acceptors (Lipinski definition) is 4. The topological polar surface area (TPSA) is 76.4 Å². The summed E-state index contributed by atoms with van der Waals surface area (Å²) < 4.78 is 31.8. The summed E-state index contributed by atoms with van der Waals surface area (Å²) in [6.45, 7) is 4.43. The summed E-state index contributed by atoms with van der Waals surface area (Å²) >= 11 is 0. The molecule has 2 aromatic rings. The Labute approximate surface area is 187 Å². The maximum absolute atomic E-state index is 12.7. The first-order valence-corrected chi connectivity index (χ1v) is 9.32. The van der Waals surface area contributed by atoms with Gasteiger partial charge < -0.3 is 19.9 Å². The predicted molar refractivity (Wildman–Crippen MR) is 120 cm³/mol. The number of halogens is 3. The van der Waals surface area contributed by atoms with Crippen LogP contribution in [0.15, 0.2) is 23.2 Å². The number of nitrogens with one attached hydrogen (secondary N) is 2. The standard InChI is InChI=1S/C19H28F2N6O.HI/c1-5-6-9-22-19(24-12-17-26-25-14(3)27(17)4)23-11-15-10-13(2)7-8-16(15)28-18(20)21;/h7-8,10,18H,5-6,9,11-12H2,1-4H3,(H2,22,23,24);1H. The van der Waals surface area contributed by atoms with Crippen molar-refractivity contribution in [2.45, 2.75) is 53.3 Å². The molecule has 0 aliphatic heterocycles. The Kier molecular flexibility index (Phi) is 10.8. The fourth-order valence-corrected chi connectivity index (χ4v) is 2.53. The van der Waals surface area contributed by atoms with Gasteiger partial charge in [-0.3, -0.25) is 0 Å². The Hall–Kier alpha value is -1.98. The van der Waals surface area contributed by atoms with Gasteiger partial charge in [-0.05, 0) is 26.3 Å². The Balaban J connectivity index is 0.00000420. The summed E-state index contributed by atoms with van der Waals surface area (Å²) in [5.41, 5.74) is 1.56. The van der Waals surface area contributed by atoms with Crippen molar-refractivity contribution in [3.63, 3.8) is 0 Å². The first kappa shape index (κ1) is 25.1. The molecule has 10 heteroatoms. The largest absolute Gasteiger partial charge is 0.434 e. The molecule has 0 saturated carbocycles. The number of alkyl halides is 2. The van der Waals surface area contributed by atoms with Gasteiger partial charge in [0.05, 0.1) is 13.1 Å². The SMILES string of the molecule is CCCCNC(=NCc1cc(C)ccc1OC(F)F)NCc1nnc(C)n1C.I. The maximum Gasteiger partial charge on any atom is 0.387 e. The van der Waals surface area contributed by atoms with Gasteiger partial charge in [0, 0.05) is 19.2 Å².